The Hall–Kier alpha value is -3.21. The lowest BCUT2D eigenvalue weighted by atomic mass is 9.98. The molecule has 1 aliphatic carbocycles. The Labute approximate surface area is 174 Å². The van der Waals surface area contributed by atoms with Crippen molar-refractivity contribution in [1.82, 2.24) is 25.4 Å². The fourth-order valence-corrected chi connectivity index (χ4v) is 4.35. The van der Waals surface area contributed by atoms with Crippen LogP contribution < -0.4 is 4.74 Å². The number of nitrogens with zero attached hydrogens (tertiary/aromatic N) is 5. The van der Waals surface area contributed by atoms with E-state index in [0.29, 0.717) is 40.0 Å². The second-order valence-corrected chi connectivity index (χ2v) is 7.94. The van der Waals surface area contributed by atoms with E-state index in [2.05, 4.69) is 20.7 Å². The van der Waals surface area contributed by atoms with Crippen LogP contribution in [-0.4, -0.2) is 56.1 Å². The summed E-state index contributed by atoms with van der Waals surface area (Å²) in [5.41, 5.74) is 1.16. The number of thioether (sulfide) groups is 1. The van der Waals surface area contributed by atoms with Gasteiger partial charge in [0.15, 0.2) is 17.3 Å². The van der Waals surface area contributed by atoms with Crippen molar-refractivity contribution in [2.45, 2.75) is 30.6 Å². The van der Waals surface area contributed by atoms with Crippen LogP contribution in [0.2, 0.25) is 0 Å². The van der Waals surface area contributed by atoms with E-state index in [1.54, 1.807) is 19.1 Å². The number of rotatable bonds is 6. The van der Waals surface area contributed by atoms with E-state index in [9.17, 15) is 9.59 Å². The molecular formula is C19H17N5O5S. The summed E-state index contributed by atoms with van der Waals surface area (Å²) < 4.78 is 17.9. The van der Waals surface area contributed by atoms with Gasteiger partial charge in [0.1, 0.15) is 17.6 Å². The molecule has 3 aromatic rings. The number of ketones is 1. The average Bonchev–Trinajstić information content (AvgIpc) is 3.28. The van der Waals surface area contributed by atoms with Gasteiger partial charge in [-0.3, -0.25) is 4.79 Å². The van der Waals surface area contributed by atoms with Crippen LogP contribution in [0.1, 0.15) is 57.9 Å². The maximum absolute atomic E-state index is 13.6. The van der Waals surface area contributed by atoms with Gasteiger partial charge in [0, 0.05) is 17.2 Å². The number of esters is 1. The van der Waals surface area contributed by atoms with Crippen LogP contribution in [0.3, 0.4) is 0 Å². The highest BCUT2D eigenvalue weighted by Gasteiger charge is 2.38. The first-order valence-electron chi connectivity index (χ1n) is 9.56. The predicted octanol–water partition coefficient (Wildman–Crippen LogP) is 2.42. The van der Waals surface area contributed by atoms with Gasteiger partial charge in [-0.15, -0.1) is 16.9 Å². The van der Waals surface area contributed by atoms with Crippen molar-refractivity contribution in [1.29, 1.82) is 0 Å². The Morgan fingerprint density at radius 3 is 2.93 bits per heavy atom. The number of tetrazole rings is 1. The summed E-state index contributed by atoms with van der Waals surface area (Å²) in [6, 6.07) is 3.42. The summed E-state index contributed by atoms with van der Waals surface area (Å²) in [5, 5.41) is 15.1. The van der Waals surface area contributed by atoms with E-state index in [0.717, 1.165) is 12.8 Å². The van der Waals surface area contributed by atoms with Crippen molar-refractivity contribution >= 4 is 23.5 Å². The maximum atomic E-state index is 13.6. The molecule has 0 amide bonds. The van der Waals surface area contributed by atoms with Crippen molar-refractivity contribution in [3.63, 3.8) is 0 Å². The summed E-state index contributed by atoms with van der Waals surface area (Å²) in [4.78, 5) is 26.7. The first kappa shape index (κ1) is 18.8. The van der Waals surface area contributed by atoms with Crippen LogP contribution in [0.15, 0.2) is 27.9 Å². The Morgan fingerprint density at radius 1 is 1.33 bits per heavy atom. The van der Waals surface area contributed by atoms with E-state index in [4.69, 9.17) is 14.0 Å². The molecule has 154 valence electrons. The van der Waals surface area contributed by atoms with Crippen LogP contribution in [-0.2, 0) is 4.74 Å². The molecular weight excluding hydrogens is 410 g/mol. The van der Waals surface area contributed by atoms with Gasteiger partial charge in [0.2, 0.25) is 5.69 Å². The van der Waals surface area contributed by atoms with Gasteiger partial charge >= 0.3 is 5.97 Å². The molecule has 5 rings (SSSR count). The van der Waals surface area contributed by atoms with Gasteiger partial charge in [-0.2, -0.15) is 4.68 Å². The molecule has 10 nitrogen and oxygen atoms in total. The Bertz CT molecular complexity index is 1120. The summed E-state index contributed by atoms with van der Waals surface area (Å²) >= 11 is 1.51. The van der Waals surface area contributed by atoms with E-state index < -0.39 is 5.97 Å². The van der Waals surface area contributed by atoms with Crippen molar-refractivity contribution in [2.75, 3.05) is 19.0 Å². The molecule has 0 unspecified atom stereocenters. The Kier molecular flexibility index (Phi) is 4.74. The molecule has 0 spiro atoms. The first-order chi connectivity index (χ1) is 14.7. The number of ether oxygens (including phenoxy) is 2. The van der Waals surface area contributed by atoms with E-state index >= 15 is 0 Å². The summed E-state index contributed by atoms with van der Waals surface area (Å²) in [7, 11) is 0. The zero-order valence-electron chi connectivity index (χ0n) is 16.0. The second kappa shape index (κ2) is 7.56. The van der Waals surface area contributed by atoms with Crippen molar-refractivity contribution in [2.24, 2.45) is 0 Å². The third-order valence-corrected chi connectivity index (χ3v) is 5.94. The number of hydrogen-bond donors (Lipinski definition) is 0. The summed E-state index contributed by atoms with van der Waals surface area (Å²) in [6.45, 7) is 2.38. The monoisotopic (exact) mass is 427 g/mol. The predicted molar refractivity (Wildman–Crippen MR) is 103 cm³/mol. The lowest BCUT2D eigenvalue weighted by Gasteiger charge is -2.21. The van der Waals surface area contributed by atoms with Crippen LogP contribution in [0.4, 0.5) is 0 Å². The molecule has 1 fully saturated rings. The third-order valence-electron chi connectivity index (χ3n) is 4.87. The molecule has 11 heteroatoms. The summed E-state index contributed by atoms with van der Waals surface area (Å²) in [5.74, 6) is 0.767. The smallest absolute Gasteiger partial charge is 0.361 e. The molecule has 1 saturated carbocycles. The molecule has 0 atom stereocenters. The zero-order chi connectivity index (χ0) is 20.7. The molecule has 0 saturated heterocycles. The van der Waals surface area contributed by atoms with Gasteiger partial charge < -0.3 is 14.0 Å². The van der Waals surface area contributed by atoms with Crippen LogP contribution >= 0.6 is 11.8 Å². The average molecular weight is 427 g/mol. The van der Waals surface area contributed by atoms with Gasteiger partial charge in [-0.1, -0.05) is 5.16 Å². The molecule has 0 bridgehead atoms. The van der Waals surface area contributed by atoms with Crippen LogP contribution in [0.25, 0.3) is 5.69 Å². The Balaban J connectivity index is 1.63. The maximum Gasteiger partial charge on any atom is 0.361 e. The summed E-state index contributed by atoms with van der Waals surface area (Å²) in [6.07, 6.45) is 3.25. The molecule has 2 aromatic heterocycles. The normalized spacial score (nSPS) is 15.4. The number of fused-ring (bicyclic) bond motifs is 1. The minimum Gasteiger partial charge on any atom is -0.489 e. The standard InChI is InChI=1S/C19H17N5O5S/c1-2-27-19(26)14-13(16(29-21-14)10-3-4-10)15(25)11-5-6-12(24-9-20-22-23-24)17-18(11)30-8-7-28-17/h5-6,9-10H,2-4,7-8H2,1H3. The van der Waals surface area contributed by atoms with Crippen LogP contribution in [0.5, 0.6) is 5.75 Å². The fourth-order valence-electron chi connectivity index (χ4n) is 3.37. The van der Waals surface area contributed by atoms with E-state index in [-0.39, 0.29) is 29.6 Å². The third kappa shape index (κ3) is 3.15. The SMILES string of the molecule is CCOC(=O)c1noc(C2CC2)c1C(=O)c1ccc(-n2cnnn2)c2c1SCCO2. The topological polar surface area (TPSA) is 122 Å². The molecule has 0 radical (unpaired) electrons. The number of benzene rings is 1. The van der Waals surface area contributed by atoms with Crippen molar-refractivity contribution in [3.05, 3.63) is 41.0 Å². The molecule has 0 N–H and O–H groups in total. The van der Waals surface area contributed by atoms with Gasteiger partial charge in [-0.05, 0) is 42.3 Å². The minimum absolute atomic E-state index is 0.0798. The number of carbonyl (C=O) groups excluding carboxylic acids is 2. The van der Waals surface area contributed by atoms with E-state index in [1.807, 2.05) is 0 Å². The van der Waals surface area contributed by atoms with Crippen molar-refractivity contribution < 1.29 is 23.6 Å². The lowest BCUT2D eigenvalue weighted by Crippen LogP contribution is -2.17. The van der Waals surface area contributed by atoms with Crippen molar-refractivity contribution in [3.8, 4) is 11.4 Å². The molecule has 1 aromatic carbocycles. The first-order valence-corrected chi connectivity index (χ1v) is 10.5. The fraction of sp³-hybridized carbons (Fsp3) is 0.368. The van der Waals surface area contributed by atoms with E-state index in [1.165, 1.54) is 22.8 Å². The zero-order valence-corrected chi connectivity index (χ0v) is 16.8. The second-order valence-electron chi connectivity index (χ2n) is 6.84. The highest BCUT2D eigenvalue weighted by atomic mass is 32.2. The number of aromatic nitrogens is 5. The Morgan fingerprint density at radius 2 is 2.20 bits per heavy atom. The lowest BCUT2D eigenvalue weighted by molar-refractivity contribution is 0.0512. The van der Waals surface area contributed by atoms with Gasteiger partial charge in [0.05, 0.1) is 18.1 Å². The largest absolute Gasteiger partial charge is 0.489 e. The highest BCUT2D eigenvalue weighted by Crippen LogP contribution is 2.45. The quantitative estimate of drug-likeness (QED) is 0.428. The van der Waals surface area contributed by atoms with Crippen LogP contribution in [0, 0.1) is 0 Å². The molecule has 1 aliphatic heterocycles. The molecule has 2 aliphatic rings. The molecule has 3 heterocycles. The van der Waals surface area contributed by atoms with Gasteiger partial charge in [-0.25, -0.2) is 4.79 Å². The number of hydrogen-bond acceptors (Lipinski definition) is 10. The highest BCUT2D eigenvalue weighted by molar-refractivity contribution is 7.99. The number of carbonyl (C=O) groups is 2. The molecule has 30 heavy (non-hydrogen) atoms. The van der Waals surface area contributed by atoms with Gasteiger partial charge in [0.25, 0.3) is 0 Å². The minimum atomic E-state index is -0.667.